The smallest absolute Gasteiger partial charge is 0.332 e. The van der Waals surface area contributed by atoms with E-state index in [-0.39, 0.29) is 17.3 Å². The van der Waals surface area contributed by atoms with Gasteiger partial charge in [0.2, 0.25) is 5.95 Å². The predicted molar refractivity (Wildman–Crippen MR) is 105 cm³/mol. The van der Waals surface area contributed by atoms with Gasteiger partial charge in [-0.3, -0.25) is 13.9 Å². The third-order valence-corrected chi connectivity index (χ3v) is 5.14. The molecule has 0 saturated carbocycles. The van der Waals surface area contributed by atoms with Gasteiger partial charge in [0.1, 0.15) is 5.82 Å². The molecule has 1 saturated heterocycles. The normalized spacial score (nSPS) is 16.9. The third kappa shape index (κ3) is 3.07. The summed E-state index contributed by atoms with van der Waals surface area (Å²) in [6, 6.07) is 9.60. The lowest BCUT2D eigenvalue weighted by Crippen LogP contribution is -2.40. The van der Waals surface area contributed by atoms with Crippen LogP contribution in [0.4, 0.5) is 11.8 Å². The van der Waals surface area contributed by atoms with E-state index < -0.39 is 0 Å². The summed E-state index contributed by atoms with van der Waals surface area (Å²) in [6.07, 6.45) is 0.874. The van der Waals surface area contributed by atoms with E-state index in [2.05, 4.69) is 15.3 Å². The third-order valence-electron chi connectivity index (χ3n) is 5.14. The molecule has 0 radical (unpaired) electrons. The number of aromatic nitrogens is 4. The second-order valence-electron chi connectivity index (χ2n) is 6.97. The highest BCUT2D eigenvalue weighted by Crippen LogP contribution is 2.21. The van der Waals surface area contributed by atoms with Gasteiger partial charge in [-0.2, -0.15) is 0 Å². The maximum Gasteiger partial charge on any atom is 0.332 e. The molecular weight excluding hydrogens is 344 g/mol. The average Bonchev–Trinajstić information content (AvgIpc) is 3.11. The number of rotatable bonds is 3. The van der Waals surface area contributed by atoms with E-state index in [1.807, 2.05) is 36.1 Å². The molecule has 1 fully saturated rings. The highest BCUT2D eigenvalue weighted by atomic mass is 16.2. The van der Waals surface area contributed by atoms with Crippen molar-refractivity contribution in [2.75, 3.05) is 23.3 Å². The molecule has 1 N–H and O–H groups in total. The summed E-state index contributed by atoms with van der Waals surface area (Å²) in [5.41, 5.74) is 1.24. The maximum atomic E-state index is 12.2. The van der Waals surface area contributed by atoms with E-state index in [1.165, 1.54) is 17.7 Å². The van der Waals surface area contributed by atoms with E-state index in [0.29, 0.717) is 18.3 Å². The van der Waals surface area contributed by atoms with E-state index in [4.69, 9.17) is 0 Å². The fourth-order valence-electron chi connectivity index (χ4n) is 3.59. The first kappa shape index (κ1) is 17.3. The molecule has 8 heteroatoms. The van der Waals surface area contributed by atoms with Crippen molar-refractivity contribution in [2.24, 2.45) is 14.1 Å². The van der Waals surface area contributed by atoms with Gasteiger partial charge in [-0.15, -0.1) is 0 Å². The zero-order valence-corrected chi connectivity index (χ0v) is 15.6. The Labute approximate surface area is 156 Å². The van der Waals surface area contributed by atoms with E-state index in [0.717, 1.165) is 34.1 Å². The number of hydrogen-bond donors (Lipinski definition) is 1. The molecule has 1 aromatic carbocycles. The van der Waals surface area contributed by atoms with Crippen LogP contribution in [0.15, 0.2) is 39.9 Å². The second-order valence-corrected chi connectivity index (χ2v) is 6.97. The summed E-state index contributed by atoms with van der Waals surface area (Å²) >= 11 is 0. The summed E-state index contributed by atoms with van der Waals surface area (Å²) in [7, 11) is 3.18. The Morgan fingerprint density at radius 2 is 1.89 bits per heavy atom. The van der Waals surface area contributed by atoms with Gasteiger partial charge in [-0.05, 0) is 19.4 Å². The van der Waals surface area contributed by atoms with Crippen molar-refractivity contribution in [1.82, 2.24) is 19.1 Å². The highest BCUT2D eigenvalue weighted by molar-refractivity contribution is 5.81. The van der Waals surface area contributed by atoms with Crippen molar-refractivity contribution in [1.29, 1.82) is 0 Å². The lowest BCUT2D eigenvalue weighted by molar-refractivity contribution is 0.672. The van der Waals surface area contributed by atoms with E-state index >= 15 is 0 Å². The van der Waals surface area contributed by atoms with E-state index in [9.17, 15) is 9.59 Å². The van der Waals surface area contributed by atoms with Crippen LogP contribution in [-0.2, 0) is 14.1 Å². The molecule has 0 bridgehead atoms. The number of aryl methyl sites for hydroxylation is 1. The average molecular weight is 366 g/mol. The van der Waals surface area contributed by atoms with Gasteiger partial charge in [0.05, 0.1) is 11.2 Å². The largest absolute Gasteiger partial charge is 0.356 e. The summed E-state index contributed by atoms with van der Waals surface area (Å²) in [4.78, 5) is 35.4. The highest BCUT2D eigenvalue weighted by Gasteiger charge is 2.25. The molecule has 3 heterocycles. The number of para-hydroxylation sites is 1. The molecule has 0 unspecified atom stereocenters. The van der Waals surface area contributed by atoms with Crippen LogP contribution in [0, 0.1) is 6.92 Å². The van der Waals surface area contributed by atoms with Crippen molar-refractivity contribution in [3.8, 4) is 0 Å². The van der Waals surface area contributed by atoms with Gasteiger partial charge in [-0.1, -0.05) is 18.2 Å². The van der Waals surface area contributed by atoms with Crippen molar-refractivity contribution in [3.05, 3.63) is 56.9 Å². The first-order valence-electron chi connectivity index (χ1n) is 8.96. The van der Waals surface area contributed by atoms with Gasteiger partial charge >= 0.3 is 5.69 Å². The van der Waals surface area contributed by atoms with Crippen molar-refractivity contribution in [3.63, 3.8) is 0 Å². The molecular formula is C19H22N6O2. The summed E-state index contributed by atoms with van der Waals surface area (Å²) in [5.74, 6) is 1.25. The zero-order chi connectivity index (χ0) is 19.1. The van der Waals surface area contributed by atoms with Gasteiger partial charge in [0, 0.05) is 44.7 Å². The molecule has 0 amide bonds. The molecule has 1 aliphatic rings. The Balaban J connectivity index is 1.56. The molecule has 1 aliphatic heterocycles. The van der Waals surface area contributed by atoms with Crippen LogP contribution < -0.4 is 21.5 Å². The minimum atomic E-state index is -0.317. The molecule has 3 aromatic rings. The van der Waals surface area contributed by atoms with E-state index in [1.54, 1.807) is 7.05 Å². The molecule has 140 valence electrons. The molecule has 1 atom stereocenters. The molecule has 0 spiro atoms. The number of fused-ring (bicyclic) bond motifs is 1. The Morgan fingerprint density at radius 1 is 1.11 bits per heavy atom. The van der Waals surface area contributed by atoms with Crippen LogP contribution in [-0.4, -0.2) is 38.2 Å². The van der Waals surface area contributed by atoms with Crippen LogP contribution >= 0.6 is 0 Å². The lowest BCUT2D eigenvalue weighted by Gasteiger charge is -2.21. The van der Waals surface area contributed by atoms with Crippen molar-refractivity contribution < 1.29 is 0 Å². The summed E-state index contributed by atoms with van der Waals surface area (Å²) < 4.78 is 2.63. The number of nitrogens with one attached hydrogen (secondary N) is 1. The number of hydrogen-bond acceptors (Lipinski definition) is 6. The number of anilines is 2. The monoisotopic (exact) mass is 366 g/mol. The molecule has 27 heavy (non-hydrogen) atoms. The fraction of sp³-hybridized carbons (Fsp3) is 0.368. The van der Waals surface area contributed by atoms with Crippen LogP contribution in [0.3, 0.4) is 0 Å². The van der Waals surface area contributed by atoms with Crippen LogP contribution in [0.5, 0.6) is 0 Å². The Hall–Kier alpha value is -3.16. The summed E-state index contributed by atoms with van der Waals surface area (Å²) in [5, 5.41) is 4.45. The molecule has 4 rings (SSSR count). The number of benzene rings is 1. The van der Waals surface area contributed by atoms with Gasteiger partial charge < -0.3 is 10.2 Å². The standard InChI is InChI=1S/C19H22N6O2/c1-12-14-6-4-5-7-15(14)22-18(20-12)21-13-8-9-25(11-13)16-10-17(26)24(3)19(27)23(16)2/h4-7,10,13H,8-9,11H2,1-3H3,(H,20,21,22)/t13-/m1/s1. The SMILES string of the molecule is Cc1nc(N[C@@H]2CCN(c3cc(=O)n(C)c(=O)n3C)C2)nc2ccccc12. The topological polar surface area (TPSA) is 85.0 Å². The number of nitrogens with zero attached hydrogens (tertiary/aromatic N) is 5. The first-order valence-corrected chi connectivity index (χ1v) is 8.96. The minimum Gasteiger partial charge on any atom is -0.356 e. The quantitative estimate of drug-likeness (QED) is 0.745. The minimum absolute atomic E-state index is 0.143. The maximum absolute atomic E-state index is 12.2. The lowest BCUT2D eigenvalue weighted by atomic mass is 10.2. The van der Waals surface area contributed by atoms with Crippen molar-refractivity contribution >= 4 is 22.7 Å². The Morgan fingerprint density at radius 3 is 2.70 bits per heavy atom. The van der Waals surface area contributed by atoms with Gasteiger partial charge in [-0.25, -0.2) is 14.8 Å². The Kier molecular flexibility index (Phi) is 4.18. The molecule has 8 nitrogen and oxygen atoms in total. The van der Waals surface area contributed by atoms with Crippen LogP contribution in [0.1, 0.15) is 12.1 Å². The van der Waals surface area contributed by atoms with Gasteiger partial charge in [0.15, 0.2) is 0 Å². The zero-order valence-electron chi connectivity index (χ0n) is 15.6. The van der Waals surface area contributed by atoms with Gasteiger partial charge in [0.25, 0.3) is 5.56 Å². The summed E-state index contributed by atoms with van der Waals surface area (Å²) in [6.45, 7) is 3.41. The Bertz CT molecular complexity index is 1130. The molecule has 0 aliphatic carbocycles. The second kappa shape index (κ2) is 6.53. The molecule has 2 aromatic heterocycles. The first-order chi connectivity index (χ1) is 12.9. The van der Waals surface area contributed by atoms with Crippen LogP contribution in [0.2, 0.25) is 0 Å². The fourth-order valence-corrected chi connectivity index (χ4v) is 3.59. The van der Waals surface area contributed by atoms with Crippen LogP contribution in [0.25, 0.3) is 10.9 Å². The van der Waals surface area contributed by atoms with Crippen molar-refractivity contribution in [2.45, 2.75) is 19.4 Å². The predicted octanol–water partition coefficient (Wildman–Crippen LogP) is 1.03.